The van der Waals surface area contributed by atoms with E-state index in [1.54, 1.807) is 36.4 Å². The quantitative estimate of drug-likeness (QED) is 0.655. The maximum Gasteiger partial charge on any atom is 0.331 e. The Bertz CT molecular complexity index is 869. The second-order valence-corrected chi connectivity index (χ2v) is 5.56. The average Bonchev–Trinajstić information content (AvgIpc) is 2.61. The molecule has 0 spiro atoms. The van der Waals surface area contributed by atoms with Gasteiger partial charge in [0.05, 0.1) is 11.3 Å². The summed E-state index contributed by atoms with van der Waals surface area (Å²) in [4.78, 5) is 23.5. The van der Waals surface area contributed by atoms with Gasteiger partial charge in [0.15, 0.2) is 6.61 Å². The van der Waals surface area contributed by atoms with Crippen LogP contribution in [0.4, 0.5) is 5.69 Å². The maximum atomic E-state index is 11.8. The summed E-state index contributed by atoms with van der Waals surface area (Å²) in [6.45, 7) is 1.44. The Kier molecular flexibility index (Phi) is 6.33. The highest BCUT2D eigenvalue weighted by molar-refractivity contribution is 6.31. The molecule has 0 radical (unpaired) electrons. The van der Waals surface area contributed by atoms with E-state index in [9.17, 15) is 9.59 Å². The number of hydrogen-bond donors (Lipinski definition) is 1. The third-order valence-electron chi connectivity index (χ3n) is 3.27. The minimum absolute atomic E-state index is 0.332. The van der Waals surface area contributed by atoms with Gasteiger partial charge in [0.25, 0.3) is 5.91 Å². The number of para-hydroxylation sites is 1. The molecule has 0 heterocycles. The lowest BCUT2D eigenvalue weighted by Crippen LogP contribution is -2.20. The molecular weight excluding hydrogens is 340 g/mol. The number of nitrogens with one attached hydrogen (secondary N) is 1. The van der Waals surface area contributed by atoms with Crippen molar-refractivity contribution in [3.8, 4) is 6.07 Å². The number of nitrogens with zero attached hydrogens (tertiary/aromatic N) is 1. The van der Waals surface area contributed by atoms with Crippen molar-refractivity contribution in [3.05, 3.63) is 70.3 Å². The summed E-state index contributed by atoms with van der Waals surface area (Å²) in [6, 6.07) is 13.9. The van der Waals surface area contributed by atoms with E-state index < -0.39 is 18.5 Å². The van der Waals surface area contributed by atoms with E-state index >= 15 is 0 Å². The molecular formula is C19H15ClN2O3. The molecule has 126 valence electrons. The number of benzene rings is 2. The van der Waals surface area contributed by atoms with Crippen molar-refractivity contribution in [1.29, 1.82) is 5.26 Å². The summed E-state index contributed by atoms with van der Waals surface area (Å²) in [5, 5.41) is 12.1. The monoisotopic (exact) mass is 354 g/mol. The number of amides is 1. The Morgan fingerprint density at radius 3 is 2.76 bits per heavy atom. The zero-order chi connectivity index (χ0) is 18.2. The summed E-state index contributed by atoms with van der Waals surface area (Å²) < 4.78 is 4.87. The molecule has 0 saturated carbocycles. The normalized spacial score (nSPS) is 10.3. The predicted molar refractivity (Wildman–Crippen MR) is 96.0 cm³/mol. The van der Waals surface area contributed by atoms with Gasteiger partial charge >= 0.3 is 5.97 Å². The van der Waals surface area contributed by atoms with Gasteiger partial charge in [-0.25, -0.2) is 4.79 Å². The number of nitriles is 1. The highest BCUT2D eigenvalue weighted by atomic mass is 35.5. The molecule has 2 rings (SSSR count). The average molecular weight is 355 g/mol. The molecule has 1 amide bonds. The molecule has 2 aromatic carbocycles. The number of ether oxygens (including phenoxy) is 1. The molecule has 2 aromatic rings. The molecule has 0 saturated heterocycles. The van der Waals surface area contributed by atoms with Gasteiger partial charge in [-0.3, -0.25) is 4.79 Å². The molecule has 0 fully saturated rings. The Balaban J connectivity index is 1.87. The molecule has 6 heteroatoms. The Morgan fingerprint density at radius 1 is 1.28 bits per heavy atom. The lowest BCUT2D eigenvalue weighted by molar-refractivity contribution is -0.142. The summed E-state index contributed by atoms with van der Waals surface area (Å²) in [5.41, 5.74) is 2.39. The Labute approximate surface area is 150 Å². The van der Waals surface area contributed by atoms with E-state index in [-0.39, 0.29) is 0 Å². The summed E-state index contributed by atoms with van der Waals surface area (Å²) >= 11 is 6.01. The molecule has 0 aliphatic rings. The maximum absolute atomic E-state index is 11.8. The van der Waals surface area contributed by atoms with Crippen LogP contribution in [0.1, 0.15) is 16.7 Å². The van der Waals surface area contributed by atoms with Crippen LogP contribution in [-0.4, -0.2) is 18.5 Å². The van der Waals surface area contributed by atoms with Gasteiger partial charge in [0, 0.05) is 11.1 Å². The van der Waals surface area contributed by atoms with Gasteiger partial charge in [0.1, 0.15) is 6.07 Å². The molecule has 5 nitrogen and oxygen atoms in total. The highest BCUT2D eigenvalue weighted by Crippen LogP contribution is 2.17. The SMILES string of the molecule is Cc1ccc(/C=C/C(=O)OCC(=O)Nc2ccccc2C#N)cc1Cl. The second-order valence-electron chi connectivity index (χ2n) is 5.16. The van der Waals surface area contributed by atoms with Gasteiger partial charge in [-0.15, -0.1) is 0 Å². The highest BCUT2D eigenvalue weighted by Gasteiger charge is 2.08. The number of esters is 1. The fourth-order valence-corrected chi connectivity index (χ4v) is 2.13. The number of halogens is 1. The standard InChI is InChI=1S/C19H15ClN2O3/c1-13-6-7-14(10-16(13)20)8-9-19(24)25-12-18(23)22-17-5-3-2-4-15(17)11-21/h2-10H,12H2,1H3,(H,22,23)/b9-8+. The smallest absolute Gasteiger partial charge is 0.331 e. The van der Waals surface area contributed by atoms with Gasteiger partial charge < -0.3 is 10.1 Å². The van der Waals surface area contributed by atoms with Crippen LogP contribution in [0.15, 0.2) is 48.5 Å². The number of aryl methyl sites for hydroxylation is 1. The van der Waals surface area contributed by atoms with Crippen molar-refractivity contribution in [3.63, 3.8) is 0 Å². The first-order valence-electron chi connectivity index (χ1n) is 7.39. The largest absolute Gasteiger partial charge is 0.452 e. The first kappa shape index (κ1) is 18.2. The lowest BCUT2D eigenvalue weighted by Gasteiger charge is -2.06. The second kappa shape index (κ2) is 8.67. The predicted octanol–water partition coefficient (Wildman–Crippen LogP) is 3.72. The van der Waals surface area contributed by atoms with E-state index in [2.05, 4.69) is 5.32 Å². The van der Waals surface area contributed by atoms with Crippen LogP contribution in [0.25, 0.3) is 6.08 Å². The molecule has 25 heavy (non-hydrogen) atoms. The fraction of sp³-hybridized carbons (Fsp3) is 0.105. The molecule has 0 aromatic heterocycles. The van der Waals surface area contributed by atoms with Gasteiger partial charge in [-0.05, 0) is 42.3 Å². The van der Waals surface area contributed by atoms with Crippen LogP contribution in [0.3, 0.4) is 0 Å². The van der Waals surface area contributed by atoms with Gasteiger partial charge in [0.2, 0.25) is 0 Å². The summed E-state index contributed by atoms with van der Waals surface area (Å²) in [7, 11) is 0. The molecule has 1 N–H and O–H groups in total. The van der Waals surface area contributed by atoms with E-state index in [0.717, 1.165) is 11.1 Å². The minimum atomic E-state index is -0.652. The van der Waals surface area contributed by atoms with Gasteiger partial charge in [-0.2, -0.15) is 5.26 Å². The van der Waals surface area contributed by atoms with E-state index in [1.807, 2.05) is 25.1 Å². The van der Waals surface area contributed by atoms with Crippen LogP contribution in [0, 0.1) is 18.3 Å². The number of carbonyl (C=O) groups excluding carboxylic acids is 2. The van der Waals surface area contributed by atoms with Crippen molar-refractivity contribution >= 4 is 35.2 Å². The van der Waals surface area contributed by atoms with Crippen LogP contribution in [0.5, 0.6) is 0 Å². The van der Waals surface area contributed by atoms with Crippen LogP contribution < -0.4 is 5.32 Å². The van der Waals surface area contributed by atoms with Gasteiger partial charge in [-0.1, -0.05) is 35.9 Å². The van der Waals surface area contributed by atoms with Crippen LogP contribution in [-0.2, 0) is 14.3 Å². The van der Waals surface area contributed by atoms with E-state index in [4.69, 9.17) is 21.6 Å². The number of hydrogen-bond acceptors (Lipinski definition) is 4. The number of carbonyl (C=O) groups is 2. The Morgan fingerprint density at radius 2 is 2.04 bits per heavy atom. The number of anilines is 1. The van der Waals surface area contributed by atoms with Crippen molar-refractivity contribution in [2.24, 2.45) is 0 Å². The molecule has 0 aliphatic carbocycles. The van der Waals surface area contributed by atoms with Crippen molar-refractivity contribution in [2.45, 2.75) is 6.92 Å². The van der Waals surface area contributed by atoms with Crippen molar-refractivity contribution in [1.82, 2.24) is 0 Å². The molecule has 0 aliphatic heterocycles. The summed E-state index contributed by atoms with van der Waals surface area (Å²) in [6.07, 6.45) is 2.77. The minimum Gasteiger partial charge on any atom is -0.452 e. The first-order chi connectivity index (χ1) is 12.0. The van der Waals surface area contributed by atoms with E-state index in [1.165, 1.54) is 6.08 Å². The third-order valence-corrected chi connectivity index (χ3v) is 3.68. The third kappa shape index (κ3) is 5.48. The Hall–Kier alpha value is -3.10. The lowest BCUT2D eigenvalue weighted by atomic mass is 10.1. The zero-order valence-electron chi connectivity index (χ0n) is 13.5. The summed E-state index contributed by atoms with van der Waals surface area (Å²) in [5.74, 6) is -1.18. The van der Waals surface area contributed by atoms with Crippen molar-refractivity contribution < 1.29 is 14.3 Å². The topological polar surface area (TPSA) is 79.2 Å². The molecule has 0 atom stereocenters. The fourth-order valence-electron chi connectivity index (χ4n) is 1.94. The van der Waals surface area contributed by atoms with Crippen molar-refractivity contribution in [2.75, 3.05) is 11.9 Å². The zero-order valence-corrected chi connectivity index (χ0v) is 14.2. The first-order valence-corrected chi connectivity index (χ1v) is 7.77. The number of rotatable bonds is 5. The van der Waals surface area contributed by atoms with Crippen LogP contribution >= 0.6 is 11.6 Å². The molecule has 0 unspecified atom stereocenters. The molecule has 0 bridgehead atoms. The van der Waals surface area contributed by atoms with Crippen LogP contribution in [0.2, 0.25) is 5.02 Å². The van der Waals surface area contributed by atoms with E-state index in [0.29, 0.717) is 16.3 Å².